The van der Waals surface area contributed by atoms with E-state index in [4.69, 9.17) is 0 Å². The van der Waals surface area contributed by atoms with Crippen LogP contribution in [-0.2, 0) is 6.54 Å². The van der Waals surface area contributed by atoms with Crippen LogP contribution in [0.25, 0.3) is 21.8 Å². The van der Waals surface area contributed by atoms with Gasteiger partial charge in [0.2, 0.25) is 0 Å². The number of para-hydroxylation sites is 2. The number of nitrogens with one attached hydrogen (secondary N) is 3. The van der Waals surface area contributed by atoms with Crippen LogP contribution in [0.4, 0.5) is 0 Å². The number of carbonyl (C=O) groups is 2. The summed E-state index contributed by atoms with van der Waals surface area (Å²) in [6.07, 6.45) is 0.701. The van der Waals surface area contributed by atoms with Crippen LogP contribution in [0.2, 0.25) is 0 Å². The van der Waals surface area contributed by atoms with E-state index >= 15 is 0 Å². The molecule has 6 nitrogen and oxygen atoms in total. The normalized spacial score (nSPS) is 12.4. The lowest BCUT2D eigenvalue weighted by Crippen LogP contribution is -2.34. The van der Waals surface area contributed by atoms with Crippen molar-refractivity contribution in [3.63, 3.8) is 0 Å². The number of rotatable bonds is 7. The molecular formula is C25H28N4O2. The van der Waals surface area contributed by atoms with Gasteiger partial charge in [-0.15, -0.1) is 0 Å². The lowest BCUT2D eigenvalue weighted by atomic mass is 10.2. The molecular weight excluding hydrogens is 388 g/mol. The molecule has 0 aliphatic heterocycles. The number of aromatic amines is 1. The van der Waals surface area contributed by atoms with Gasteiger partial charge in [0, 0.05) is 40.4 Å². The van der Waals surface area contributed by atoms with Gasteiger partial charge in [0.1, 0.15) is 11.4 Å². The number of aromatic nitrogens is 2. The number of carbonyl (C=O) groups excluding carboxylic acids is 2. The first-order valence-electron chi connectivity index (χ1n) is 10.7. The number of aryl methyl sites for hydroxylation is 1. The quantitative estimate of drug-likeness (QED) is 0.416. The van der Waals surface area contributed by atoms with Crippen molar-refractivity contribution in [2.75, 3.05) is 0 Å². The molecule has 0 aliphatic carbocycles. The van der Waals surface area contributed by atoms with E-state index in [-0.39, 0.29) is 23.9 Å². The first-order valence-corrected chi connectivity index (χ1v) is 10.7. The molecule has 0 saturated carbocycles. The molecule has 2 heterocycles. The van der Waals surface area contributed by atoms with Gasteiger partial charge in [-0.2, -0.15) is 0 Å². The number of H-pyrrole nitrogens is 1. The van der Waals surface area contributed by atoms with Crippen LogP contribution in [0.5, 0.6) is 0 Å². The van der Waals surface area contributed by atoms with Crippen LogP contribution in [0.15, 0.2) is 60.7 Å². The third-order valence-corrected chi connectivity index (χ3v) is 5.40. The second kappa shape index (κ2) is 8.68. The Kier molecular flexibility index (Phi) is 5.80. The summed E-state index contributed by atoms with van der Waals surface area (Å²) in [7, 11) is 0. The summed E-state index contributed by atoms with van der Waals surface area (Å²) < 4.78 is 2.04. The molecule has 2 amide bonds. The minimum atomic E-state index is -0.126. The lowest BCUT2D eigenvalue weighted by molar-refractivity contribution is 0.0920. The van der Waals surface area contributed by atoms with Crippen molar-refractivity contribution in [3.8, 4) is 0 Å². The maximum absolute atomic E-state index is 12.7. The largest absolute Gasteiger partial charge is 0.351 e. The Morgan fingerprint density at radius 3 is 2.35 bits per heavy atom. The Balaban J connectivity index is 1.47. The summed E-state index contributed by atoms with van der Waals surface area (Å²) in [4.78, 5) is 28.6. The summed E-state index contributed by atoms with van der Waals surface area (Å²) in [5, 5.41) is 8.09. The fourth-order valence-corrected chi connectivity index (χ4v) is 3.87. The van der Waals surface area contributed by atoms with E-state index in [1.165, 1.54) is 0 Å². The zero-order valence-electron chi connectivity index (χ0n) is 18.1. The van der Waals surface area contributed by atoms with Crippen LogP contribution in [0.3, 0.4) is 0 Å². The van der Waals surface area contributed by atoms with E-state index in [9.17, 15) is 9.59 Å². The van der Waals surface area contributed by atoms with Crippen molar-refractivity contribution in [2.45, 2.75) is 45.8 Å². The minimum absolute atomic E-state index is 0.0546. The first kappa shape index (κ1) is 20.7. The maximum Gasteiger partial charge on any atom is 0.268 e. The third-order valence-electron chi connectivity index (χ3n) is 5.40. The predicted molar refractivity (Wildman–Crippen MR) is 124 cm³/mol. The van der Waals surface area contributed by atoms with Crippen LogP contribution >= 0.6 is 0 Å². The smallest absolute Gasteiger partial charge is 0.268 e. The average molecular weight is 417 g/mol. The lowest BCUT2D eigenvalue weighted by Gasteiger charge is -2.17. The monoisotopic (exact) mass is 416 g/mol. The molecule has 2 aromatic heterocycles. The summed E-state index contributed by atoms with van der Waals surface area (Å²) in [6.45, 7) is 6.52. The molecule has 160 valence electrons. The Labute approximate surface area is 181 Å². The summed E-state index contributed by atoms with van der Waals surface area (Å²) in [6, 6.07) is 19.6. The van der Waals surface area contributed by atoms with Crippen molar-refractivity contribution in [3.05, 3.63) is 72.1 Å². The zero-order valence-corrected chi connectivity index (χ0v) is 18.1. The summed E-state index contributed by atoms with van der Waals surface area (Å²) >= 11 is 0. The fraction of sp³-hybridized carbons (Fsp3) is 0.280. The Morgan fingerprint density at radius 1 is 0.903 bits per heavy atom. The molecule has 0 spiro atoms. The SMILES string of the molecule is CC(C)NC(=O)c1cc2ccccc2n1CCC(C)NC(=O)c1cc2ccccc2[nH]1. The topological polar surface area (TPSA) is 78.9 Å². The minimum Gasteiger partial charge on any atom is -0.351 e. The van der Waals surface area contributed by atoms with Gasteiger partial charge in [-0.25, -0.2) is 0 Å². The molecule has 4 rings (SSSR count). The molecule has 0 bridgehead atoms. The highest BCUT2D eigenvalue weighted by molar-refractivity contribution is 5.99. The molecule has 0 radical (unpaired) electrons. The Bertz CT molecular complexity index is 1200. The molecule has 6 heteroatoms. The van der Waals surface area contributed by atoms with Crippen LogP contribution in [0.1, 0.15) is 48.2 Å². The van der Waals surface area contributed by atoms with Gasteiger partial charge in [0.05, 0.1) is 0 Å². The number of fused-ring (bicyclic) bond motifs is 2. The average Bonchev–Trinajstić information content (AvgIpc) is 3.33. The van der Waals surface area contributed by atoms with Gasteiger partial charge in [-0.3, -0.25) is 9.59 Å². The Morgan fingerprint density at radius 2 is 1.61 bits per heavy atom. The molecule has 1 unspecified atom stereocenters. The number of amides is 2. The van der Waals surface area contributed by atoms with Gasteiger partial charge < -0.3 is 20.2 Å². The fourth-order valence-electron chi connectivity index (χ4n) is 3.87. The molecule has 0 saturated heterocycles. The molecule has 1 atom stereocenters. The number of benzene rings is 2. The second-order valence-electron chi connectivity index (χ2n) is 8.30. The van der Waals surface area contributed by atoms with Crippen molar-refractivity contribution in [1.82, 2.24) is 20.2 Å². The van der Waals surface area contributed by atoms with E-state index in [0.717, 1.165) is 21.8 Å². The molecule has 2 aromatic carbocycles. The molecule has 3 N–H and O–H groups in total. The zero-order chi connectivity index (χ0) is 22.0. The molecule has 0 aliphatic rings. The van der Waals surface area contributed by atoms with E-state index in [1.54, 1.807) is 0 Å². The van der Waals surface area contributed by atoms with Crippen molar-refractivity contribution < 1.29 is 9.59 Å². The van der Waals surface area contributed by atoms with Crippen LogP contribution in [0, 0.1) is 0 Å². The first-order chi connectivity index (χ1) is 14.9. The van der Waals surface area contributed by atoms with E-state index in [2.05, 4.69) is 15.6 Å². The van der Waals surface area contributed by atoms with Gasteiger partial charge in [0.25, 0.3) is 11.8 Å². The number of hydrogen-bond donors (Lipinski definition) is 3. The van der Waals surface area contributed by atoms with Gasteiger partial charge in [0.15, 0.2) is 0 Å². The van der Waals surface area contributed by atoms with Crippen molar-refractivity contribution >= 4 is 33.6 Å². The maximum atomic E-state index is 12.7. The molecule has 4 aromatic rings. The van der Waals surface area contributed by atoms with Crippen LogP contribution in [-0.4, -0.2) is 33.4 Å². The predicted octanol–water partition coefficient (Wildman–Crippen LogP) is 4.47. The Hall–Kier alpha value is -3.54. The van der Waals surface area contributed by atoms with Gasteiger partial charge in [-0.05, 0) is 51.5 Å². The highest BCUT2D eigenvalue weighted by Crippen LogP contribution is 2.21. The summed E-state index contributed by atoms with van der Waals surface area (Å²) in [5.74, 6) is -0.209. The third kappa shape index (κ3) is 4.48. The highest BCUT2D eigenvalue weighted by Gasteiger charge is 2.18. The molecule has 31 heavy (non-hydrogen) atoms. The standard InChI is InChI=1S/C25H28N4O2/c1-16(2)26-25(31)23-15-19-9-5-7-11-22(19)29(23)13-12-17(3)27-24(30)21-14-18-8-4-6-10-20(18)28-21/h4-11,14-17,28H,12-13H2,1-3H3,(H,26,31)(H,27,30). The summed E-state index contributed by atoms with van der Waals surface area (Å²) in [5.41, 5.74) is 3.16. The van der Waals surface area contributed by atoms with Crippen molar-refractivity contribution in [2.24, 2.45) is 0 Å². The molecule has 0 fully saturated rings. The van der Waals surface area contributed by atoms with E-state index in [0.29, 0.717) is 24.4 Å². The van der Waals surface area contributed by atoms with Gasteiger partial charge in [-0.1, -0.05) is 36.4 Å². The number of hydrogen-bond acceptors (Lipinski definition) is 2. The van der Waals surface area contributed by atoms with E-state index in [1.807, 2.05) is 86.0 Å². The van der Waals surface area contributed by atoms with Crippen LogP contribution < -0.4 is 10.6 Å². The highest BCUT2D eigenvalue weighted by atomic mass is 16.2. The van der Waals surface area contributed by atoms with E-state index < -0.39 is 0 Å². The van der Waals surface area contributed by atoms with Gasteiger partial charge >= 0.3 is 0 Å². The second-order valence-corrected chi connectivity index (χ2v) is 8.30. The van der Waals surface area contributed by atoms with Crippen molar-refractivity contribution in [1.29, 1.82) is 0 Å². The number of nitrogens with zero attached hydrogens (tertiary/aromatic N) is 1.